The van der Waals surface area contributed by atoms with Crippen LogP contribution < -0.4 is 5.32 Å². The SMILES string of the molecule is CCC(CC(=O)O)c1ccc([C@H](OC)C(F)(F)F)c(Nc2ccc(C#N)cc2)c1. The van der Waals surface area contributed by atoms with Gasteiger partial charge in [-0.05, 0) is 48.2 Å². The molecule has 154 valence electrons. The summed E-state index contributed by atoms with van der Waals surface area (Å²) < 4.78 is 45.1. The van der Waals surface area contributed by atoms with Crippen LogP contribution in [0.15, 0.2) is 42.5 Å². The average Bonchev–Trinajstić information content (AvgIpc) is 2.67. The largest absolute Gasteiger partial charge is 0.481 e. The zero-order valence-corrected chi connectivity index (χ0v) is 16.0. The average molecular weight is 406 g/mol. The third kappa shape index (κ3) is 5.72. The summed E-state index contributed by atoms with van der Waals surface area (Å²) in [6, 6.07) is 12.6. The number of carboxylic acids is 1. The van der Waals surface area contributed by atoms with Gasteiger partial charge in [-0.25, -0.2) is 0 Å². The molecule has 0 amide bonds. The van der Waals surface area contributed by atoms with Gasteiger partial charge in [0.1, 0.15) is 0 Å². The Morgan fingerprint density at radius 1 is 1.24 bits per heavy atom. The van der Waals surface area contributed by atoms with Crippen LogP contribution in [0.4, 0.5) is 24.5 Å². The van der Waals surface area contributed by atoms with E-state index in [2.05, 4.69) is 5.32 Å². The van der Waals surface area contributed by atoms with E-state index in [0.29, 0.717) is 23.2 Å². The minimum absolute atomic E-state index is 0.113. The summed E-state index contributed by atoms with van der Waals surface area (Å²) in [5, 5.41) is 20.9. The molecule has 0 saturated carbocycles. The van der Waals surface area contributed by atoms with Crippen LogP contribution in [0.1, 0.15) is 48.5 Å². The second kappa shape index (κ2) is 9.43. The molecule has 5 nitrogen and oxygen atoms in total. The molecule has 29 heavy (non-hydrogen) atoms. The normalized spacial score (nSPS) is 13.4. The number of ether oxygens (including phenoxy) is 1. The molecule has 0 saturated heterocycles. The lowest BCUT2D eigenvalue weighted by molar-refractivity contribution is -0.215. The number of hydrogen-bond donors (Lipinski definition) is 2. The van der Waals surface area contributed by atoms with E-state index < -0.39 is 18.2 Å². The molecule has 0 bridgehead atoms. The van der Waals surface area contributed by atoms with Crippen molar-refractivity contribution in [2.24, 2.45) is 0 Å². The molecule has 0 fully saturated rings. The number of carboxylic acid groups (broad SMARTS) is 1. The fourth-order valence-electron chi connectivity index (χ4n) is 3.09. The first-order chi connectivity index (χ1) is 13.7. The molecule has 2 N–H and O–H groups in total. The summed E-state index contributed by atoms with van der Waals surface area (Å²) in [6.07, 6.45) is -6.37. The summed E-state index contributed by atoms with van der Waals surface area (Å²) in [5.41, 5.74) is 1.58. The number of aliphatic carboxylic acids is 1. The molecular formula is C21H21F3N2O3. The van der Waals surface area contributed by atoms with Crippen LogP contribution in [0.3, 0.4) is 0 Å². The lowest BCUT2D eigenvalue weighted by Gasteiger charge is -2.24. The number of halogens is 3. The van der Waals surface area contributed by atoms with Gasteiger partial charge in [0.2, 0.25) is 0 Å². The molecule has 8 heteroatoms. The van der Waals surface area contributed by atoms with Gasteiger partial charge in [0.15, 0.2) is 6.10 Å². The molecule has 0 heterocycles. The first kappa shape index (κ1) is 22.2. The monoisotopic (exact) mass is 406 g/mol. The third-order valence-electron chi connectivity index (χ3n) is 4.57. The summed E-state index contributed by atoms with van der Waals surface area (Å²) in [7, 11) is 0.983. The quantitative estimate of drug-likeness (QED) is 0.603. The Labute approximate surface area is 166 Å². The van der Waals surface area contributed by atoms with Crippen LogP contribution in [0.5, 0.6) is 0 Å². The van der Waals surface area contributed by atoms with Gasteiger partial charge in [-0.1, -0.05) is 19.1 Å². The van der Waals surface area contributed by atoms with E-state index in [0.717, 1.165) is 7.11 Å². The van der Waals surface area contributed by atoms with Crippen molar-refractivity contribution in [1.29, 1.82) is 5.26 Å². The van der Waals surface area contributed by atoms with Crippen LogP contribution in [0.25, 0.3) is 0 Å². The van der Waals surface area contributed by atoms with Crippen molar-refractivity contribution in [2.75, 3.05) is 12.4 Å². The van der Waals surface area contributed by atoms with Crippen molar-refractivity contribution in [3.63, 3.8) is 0 Å². The van der Waals surface area contributed by atoms with Crippen LogP contribution in [0, 0.1) is 11.3 Å². The highest BCUT2D eigenvalue weighted by atomic mass is 19.4. The van der Waals surface area contributed by atoms with Gasteiger partial charge < -0.3 is 15.2 Å². The van der Waals surface area contributed by atoms with E-state index in [1.54, 1.807) is 24.3 Å². The van der Waals surface area contributed by atoms with Gasteiger partial charge in [-0.15, -0.1) is 0 Å². The number of methoxy groups -OCH3 is 1. The van der Waals surface area contributed by atoms with Crippen molar-refractivity contribution in [3.8, 4) is 6.07 Å². The number of rotatable bonds is 8. The maximum absolute atomic E-state index is 13.5. The van der Waals surface area contributed by atoms with E-state index >= 15 is 0 Å². The molecule has 2 atom stereocenters. The number of nitrogens with one attached hydrogen (secondary N) is 1. The van der Waals surface area contributed by atoms with Crippen LogP contribution in [-0.2, 0) is 9.53 Å². The fraction of sp³-hybridized carbons (Fsp3) is 0.333. The van der Waals surface area contributed by atoms with Crippen molar-refractivity contribution in [1.82, 2.24) is 0 Å². The lowest BCUT2D eigenvalue weighted by atomic mass is 9.91. The van der Waals surface area contributed by atoms with Crippen LogP contribution in [-0.4, -0.2) is 24.4 Å². The highest BCUT2D eigenvalue weighted by Crippen LogP contribution is 2.41. The molecule has 0 aliphatic rings. The highest BCUT2D eigenvalue weighted by molar-refractivity contribution is 5.69. The molecule has 0 spiro atoms. The van der Waals surface area contributed by atoms with E-state index in [1.807, 2.05) is 13.0 Å². The zero-order chi connectivity index (χ0) is 21.6. The van der Waals surface area contributed by atoms with Crippen molar-refractivity contribution < 1.29 is 27.8 Å². The standard InChI is InChI=1S/C21H21F3N2O3/c1-3-14(11-19(27)28)15-6-9-17(20(29-2)21(22,23)24)18(10-15)26-16-7-4-13(12-25)5-8-16/h4-10,14,20,26H,3,11H2,1-2H3,(H,27,28)/t14?,20-/m0/s1. The van der Waals surface area contributed by atoms with Gasteiger partial charge in [0.25, 0.3) is 0 Å². The smallest absolute Gasteiger partial charge is 0.418 e. The Balaban J connectivity index is 2.52. The van der Waals surface area contributed by atoms with E-state index in [-0.39, 0.29) is 23.6 Å². The number of alkyl halides is 3. The minimum atomic E-state index is -4.62. The summed E-state index contributed by atoms with van der Waals surface area (Å²) >= 11 is 0. The van der Waals surface area contributed by atoms with Crippen LogP contribution >= 0.6 is 0 Å². The summed E-state index contributed by atoms with van der Waals surface area (Å²) in [4.78, 5) is 11.1. The topological polar surface area (TPSA) is 82.3 Å². The second-order valence-electron chi connectivity index (χ2n) is 6.52. The van der Waals surface area contributed by atoms with Gasteiger partial charge in [-0.2, -0.15) is 18.4 Å². The number of nitrogens with zero attached hydrogens (tertiary/aromatic N) is 1. The second-order valence-corrected chi connectivity index (χ2v) is 6.52. The number of anilines is 2. The Bertz CT molecular complexity index is 890. The van der Waals surface area contributed by atoms with Gasteiger partial charge in [0.05, 0.1) is 18.1 Å². The van der Waals surface area contributed by atoms with Gasteiger partial charge >= 0.3 is 12.1 Å². The number of hydrogen-bond acceptors (Lipinski definition) is 4. The van der Waals surface area contributed by atoms with Gasteiger partial charge in [0, 0.05) is 24.0 Å². The Kier molecular flexibility index (Phi) is 7.23. The molecule has 2 rings (SSSR count). The molecule has 0 aromatic heterocycles. The number of nitriles is 1. The zero-order valence-electron chi connectivity index (χ0n) is 16.0. The Hall–Kier alpha value is -3.05. The number of benzene rings is 2. The lowest BCUT2D eigenvalue weighted by Crippen LogP contribution is -2.23. The van der Waals surface area contributed by atoms with E-state index in [1.165, 1.54) is 18.2 Å². The van der Waals surface area contributed by atoms with E-state index in [4.69, 9.17) is 15.1 Å². The molecule has 0 radical (unpaired) electrons. The first-order valence-electron chi connectivity index (χ1n) is 8.91. The summed E-state index contributed by atoms with van der Waals surface area (Å²) in [5.74, 6) is -1.32. The predicted molar refractivity (Wildman–Crippen MR) is 102 cm³/mol. The molecule has 1 unspecified atom stereocenters. The van der Waals surface area contributed by atoms with E-state index in [9.17, 15) is 18.0 Å². The third-order valence-corrected chi connectivity index (χ3v) is 4.57. The summed E-state index contributed by atoms with van der Waals surface area (Å²) in [6.45, 7) is 1.82. The maximum Gasteiger partial charge on any atom is 0.418 e. The highest BCUT2D eigenvalue weighted by Gasteiger charge is 2.42. The van der Waals surface area contributed by atoms with Crippen molar-refractivity contribution in [3.05, 3.63) is 59.2 Å². The molecule has 0 aliphatic heterocycles. The molecule has 2 aromatic rings. The van der Waals surface area contributed by atoms with Crippen molar-refractivity contribution >= 4 is 17.3 Å². The minimum Gasteiger partial charge on any atom is -0.481 e. The molecular weight excluding hydrogens is 385 g/mol. The predicted octanol–water partition coefficient (Wildman–Crippen LogP) is 5.52. The fourth-order valence-corrected chi connectivity index (χ4v) is 3.09. The molecule has 2 aromatic carbocycles. The molecule has 0 aliphatic carbocycles. The first-order valence-corrected chi connectivity index (χ1v) is 8.91. The maximum atomic E-state index is 13.5. The van der Waals surface area contributed by atoms with Crippen LogP contribution in [0.2, 0.25) is 0 Å². The number of carbonyl (C=O) groups is 1. The van der Waals surface area contributed by atoms with Gasteiger partial charge in [-0.3, -0.25) is 4.79 Å². The van der Waals surface area contributed by atoms with Crippen molar-refractivity contribution in [2.45, 2.75) is 38.0 Å². The Morgan fingerprint density at radius 3 is 2.38 bits per heavy atom. The Morgan fingerprint density at radius 2 is 1.90 bits per heavy atom.